The molecule has 1 unspecified atom stereocenters. The second-order valence-electron chi connectivity index (χ2n) is 7.19. The Bertz CT molecular complexity index is 988. The molecule has 3 aromatic rings. The molecule has 5 nitrogen and oxygen atoms in total. The monoisotopic (exact) mass is 412 g/mol. The summed E-state index contributed by atoms with van der Waals surface area (Å²) >= 11 is 6.24. The van der Waals surface area contributed by atoms with Crippen LogP contribution in [-0.4, -0.2) is 33.7 Å². The van der Waals surface area contributed by atoms with E-state index in [2.05, 4.69) is 15.3 Å². The Morgan fingerprint density at radius 3 is 2.76 bits per heavy atom. The van der Waals surface area contributed by atoms with E-state index in [-0.39, 0.29) is 24.3 Å². The number of hydrogen-bond donors (Lipinski definition) is 1. The highest BCUT2D eigenvalue weighted by Gasteiger charge is 2.27. The van der Waals surface area contributed by atoms with Crippen LogP contribution in [0.5, 0.6) is 0 Å². The van der Waals surface area contributed by atoms with Crippen molar-refractivity contribution in [1.29, 1.82) is 0 Å². The number of halogens is 2. The molecular weight excluding hydrogens is 391 g/mol. The maximum absolute atomic E-state index is 13.2. The lowest BCUT2D eigenvalue weighted by Crippen LogP contribution is -2.33. The van der Waals surface area contributed by atoms with Crippen LogP contribution in [0.4, 0.5) is 10.2 Å². The molecule has 1 fully saturated rings. The first kappa shape index (κ1) is 19.6. The van der Waals surface area contributed by atoms with Crippen molar-refractivity contribution >= 4 is 23.3 Å². The normalized spacial score (nSPS) is 16.8. The fourth-order valence-electron chi connectivity index (χ4n) is 3.80. The summed E-state index contributed by atoms with van der Waals surface area (Å²) < 4.78 is 14.9. The molecule has 1 aliphatic rings. The van der Waals surface area contributed by atoms with Gasteiger partial charge in [0.15, 0.2) is 0 Å². The van der Waals surface area contributed by atoms with Crippen LogP contribution in [0.25, 0.3) is 0 Å². The zero-order valence-electron chi connectivity index (χ0n) is 15.9. The first-order chi connectivity index (χ1) is 14.1. The van der Waals surface area contributed by atoms with Crippen molar-refractivity contribution in [3.63, 3.8) is 0 Å². The average Bonchev–Trinajstić information content (AvgIpc) is 3.34. The lowest BCUT2D eigenvalue weighted by molar-refractivity contribution is -0.117. The standard InChI is InChI=1S/C22H22ClFN4O/c23-19-5-2-1-4-17(19)14-28-21(11-12-25-28)26-22(29)15-27-13-3-6-20(27)16-7-9-18(24)10-8-16/h1-2,4-5,7-12,20H,3,6,13-15H2,(H,26,29). The second kappa shape index (κ2) is 8.76. The van der Waals surface area contributed by atoms with E-state index < -0.39 is 0 Å². The summed E-state index contributed by atoms with van der Waals surface area (Å²) in [5, 5.41) is 7.92. The van der Waals surface area contributed by atoms with Crippen LogP contribution in [0, 0.1) is 5.82 Å². The van der Waals surface area contributed by atoms with E-state index in [1.165, 1.54) is 12.1 Å². The smallest absolute Gasteiger partial charge is 0.239 e. The van der Waals surface area contributed by atoms with Crippen molar-refractivity contribution < 1.29 is 9.18 Å². The van der Waals surface area contributed by atoms with Crippen LogP contribution >= 0.6 is 11.6 Å². The Hall–Kier alpha value is -2.70. The number of nitrogens with one attached hydrogen (secondary N) is 1. The summed E-state index contributed by atoms with van der Waals surface area (Å²) in [6, 6.07) is 16.0. The molecule has 1 N–H and O–H groups in total. The van der Waals surface area contributed by atoms with Gasteiger partial charge in [0, 0.05) is 17.1 Å². The first-order valence-corrected chi connectivity index (χ1v) is 10.0. The number of nitrogens with zero attached hydrogens (tertiary/aromatic N) is 3. The molecule has 7 heteroatoms. The Balaban J connectivity index is 1.41. The lowest BCUT2D eigenvalue weighted by atomic mass is 10.0. The fourth-order valence-corrected chi connectivity index (χ4v) is 3.99. The molecule has 4 rings (SSSR count). The highest BCUT2D eigenvalue weighted by molar-refractivity contribution is 6.31. The number of likely N-dealkylation sites (tertiary alicyclic amines) is 1. The van der Waals surface area contributed by atoms with Crippen molar-refractivity contribution in [2.45, 2.75) is 25.4 Å². The zero-order valence-corrected chi connectivity index (χ0v) is 16.6. The third-order valence-electron chi connectivity index (χ3n) is 5.23. The Kier molecular flexibility index (Phi) is 5.92. The minimum absolute atomic E-state index is 0.0973. The highest BCUT2D eigenvalue weighted by atomic mass is 35.5. The van der Waals surface area contributed by atoms with Gasteiger partial charge in [-0.05, 0) is 48.7 Å². The molecule has 1 amide bonds. The van der Waals surface area contributed by atoms with Crippen molar-refractivity contribution in [2.24, 2.45) is 0 Å². The van der Waals surface area contributed by atoms with Crippen molar-refractivity contribution in [3.05, 3.63) is 82.8 Å². The molecule has 29 heavy (non-hydrogen) atoms. The van der Waals surface area contributed by atoms with Gasteiger partial charge in [0.05, 0.1) is 19.3 Å². The molecule has 0 aliphatic carbocycles. The van der Waals surface area contributed by atoms with Crippen LogP contribution in [0.15, 0.2) is 60.8 Å². The minimum atomic E-state index is -0.247. The van der Waals surface area contributed by atoms with E-state index in [0.717, 1.165) is 30.5 Å². The van der Waals surface area contributed by atoms with Crippen LogP contribution < -0.4 is 5.32 Å². The van der Waals surface area contributed by atoms with Crippen LogP contribution in [0.3, 0.4) is 0 Å². The maximum atomic E-state index is 13.2. The van der Waals surface area contributed by atoms with Gasteiger partial charge in [-0.15, -0.1) is 0 Å². The molecule has 1 aromatic heterocycles. The third-order valence-corrected chi connectivity index (χ3v) is 5.60. The number of carbonyl (C=O) groups is 1. The number of hydrogen-bond acceptors (Lipinski definition) is 3. The number of benzene rings is 2. The molecule has 0 radical (unpaired) electrons. The summed E-state index contributed by atoms with van der Waals surface area (Å²) in [7, 11) is 0. The topological polar surface area (TPSA) is 50.2 Å². The molecule has 0 spiro atoms. The van der Waals surface area contributed by atoms with Crippen LogP contribution in [0.1, 0.15) is 30.0 Å². The van der Waals surface area contributed by atoms with Crippen molar-refractivity contribution in [2.75, 3.05) is 18.4 Å². The van der Waals surface area contributed by atoms with Gasteiger partial charge in [-0.1, -0.05) is 41.9 Å². The Morgan fingerprint density at radius 2 is 1.97 bits per heavy atom. The zero-order chi connectivity index (χ0) is 20.2. The molecule has 0 bridgehead atoms. The van der Waals surface area contributed by atoms with Gasteiger partial charge in [-0.2, -0.15) is 5.10 Å². The Labute approximate surface area is 174 Å². The van der Waals surface area contributed by atoms with Crippen LogP contribution in [-0.2, 0) is 11.3 Å². The Morgan fingerprint density at radius 1 is 1.17 bits per heavy atom. The third kappa shape index (κ3) is 4.66. The van der Waals surface area contributed by atoms with E-state index in [9.17, 15) is 9.18 Å². The van der Waals surface area contributed by atoms with Gasteiger partial charge < -0.3 is 5.32 Å². The molecule has 1 saturated heterocycles. The van der Waals surface area contributed by atoms with Gasteiger partial charge in [-0.3, -0.25) is 9.69 Å². The van der Waals surface area contributed by atoms with Gasteiger partial charge in [0.2, 0.25) is 5.91 Å². The van der Waals surface area contributed by atoms with E-state index in [0.29, 0.717) is 17.4 Å². The van der Waals surface area contributed by atoms with E-state index >= 15 is 0 Å². The molecule has 1 atom stereocenters. The number of amides is 1. The fraction of sp³-hybridized carbons (Fsp3) is 0.273. The molecule has 150 valence electrons. The predicted molar refractivity (Wildman–Crippen MR) is 111 cm³/mol. The van der Waals surface area contributed by atoms with E-state index in [1.54, 1.807) is 29.1 Å². The summed E-state index contributed by atoms with van der Waals surface area (Å²) in [5.74, 6) is 0.287. The van der Waals surface area contributed by atoms with Gasteiger partial charge in [-0.25, -0.2) is 9.07 Å². The average molecular weight is 413 g/mol. The number of anilines is 1. The van der Waals surface area contributed by atoms with Gasteiger partial charge in [0.1, 0.15) is 11.6 Å². The van der Waals surface area contributed by atoms with Gasteiger partial charge >= 0.3 is 0 Å². The van der Waals surface area contributed by atoms with Crippen molar-refractivity contribution in [1.82, 2.24) is 14.7 Å². The summed E-state index contributed by atoms with van der Waals surface area (Å²) in [5.41, 5.74) is 1.98. The van der Waals surface area contributed by atoms with E-state index in [4.69, 9.17) is 11.6 Å². The predicted octanol–water partition coefficient (Wildman–Crippen LogP) is 4.50. The number of rotatable bonds is 6. The van der Waals surface area contributed by atoms with Crippen LogP contribution in [0.2, 0.25) is 5.02 Å². The number of carbonyl (C=O) groups excluding carboxylic acids is 1. The maximum Gasteiger partial charge on any atom is 0.239 e. The summed E-state index contributed by atoms with van der Waals surface area (Å²) in [6.45, 7) is 1.60. The largest absolute Gasteiger partial charge is 0.310 e. The second-order valence-corrected chi connectivity index (χ2v) is 7.60. The first-order valence-electron chi connectivity index (χ1n) is 9.65. The molecule has 1 aliphatic heterocycles. The lowest BCUT2D eigenvalue weighted by Gasteiger charge is -2.24. The molecule has 2 aromatic carbocycles. The van der Waals surface area contributed by atoms with Gasteiger partial charge in [0.25, 0.3) is 0 Å². The molecular formula is C22H22ClFN4O. The van der Waals surface area contributed by atoms with E-state index in [1.807, 2.05) is 24.3 Å². The minimum Gasteiger partial charge on any atom is -0.310 e. The summed E-state index contributed by atoms with van der Waals surface area (Å²) in [6.07, 6.45) is 3.63. The SMILES string of the molecule is O=C(CN1CCCC1c1ccc(F)cc1)Nc1ccnn1Cc1ccccc1Cl. The quantitative estimate of drug-likeness (QED) is 0.648. The number of aromatic nitrogens is 2. The summed E-state index contributed by atoms with van der Waals surface area (Å²) in [4.78, 5) is 14.8. The molecule has 0 saturated carbocycles. The van der Waals surface area contributed by atoms with Crippen molar-refractivity contribution in [3.8, 4) is 0 Å². The highest BCUT2D eigenvalue weighted by Crippen LogP contribution is 2.31. The molecule has 2 heterocycles.